The van der Waals surface area contributed by atoms with Crippen molar-refractivity contribution in [3.8, 4) is 11.5 Å². The standard InChI is InChI=1S/C18H28N2O3/c1-13-7-9-20(10-8-13)18(21)12-19-14(2)16-6-5-15(22-3)11-17(16)23-4/h5-6,11,13-14,19H,7-10,12H2,1-4H3/t14-/m1/s1. The molecule has 1 saturated heterocycles. The Morgan fingerprint density at radius 3 is 2.61 bits per heavy atom. The molecule has 5 nitrogen and oxygen atoms in total. The van der Waals surface area contributed by atoms with E-state index in [1.54, 1.807) is 14.2 Å². The lowest BCUT2D eigenvalue weighted by molar-refractivity contribution is -0.131. The number of piperidine rings is 1. The largest absolute Gasteiger partial charge is 0.497 e. The Balaban J connectivity index is 1.91. The second kappa shape index (κ2) is 8.20. The van der Waals surface area contributed by atoms with Crippen molar-refractivity contribution in [2.24, 2.45) is 5.92 Å². The molecule has 23 heavy (non-hydrogen) atoms. The quantitative estimate of drug-likeness (QED) is 0.875. The van der Waals surface area contributed by atoms with Crippen molar-refractivity contribution in [3.63, 3.8) is 0 Å². The molecule has 1 aromatic rings. The number of rotatable bonds is 6. The van der Waals surface area contributed by atoms with Crippen LogP contribution in [0.5, 0.6) is 11.5 Å². The molecule has 1 aliphatic rings. The summed E-state index contributed by atoms with van der Waals surface area (Å²) in [6.07, 6.45) is 2.21. The van der Waals surface area contributed by atoms with Crippen LogP contribution in [0.1, 0.15) is 38.3 Å². The number of benzene rings is 1. The van der Waals surface area contributed by atoms with Gasteiger partial charge in [-0.2, -0.15) is 0 Å². The van der Waals surface area contributed by atoms with Gasteiger partial charge in [-0.15, -0.1) is 0 Å². The third kappa shape index (κ3) is 4.61. The molecular formula is C18H28N2O3. The fraction of sp³-hybridized carbons (Fsp3) is 0.611. The minimum Gasteiger partial charge on any atom is -0.497 e. The molecule has 0 aromatic heterocycles. The highest BCUT2D eigenvalue weighted by Crippen LogP contribution is 2.29. The zero-order chi connectivity index (χ0) is 16.8. The Bertz CT molecular complexity index is 525. The van der Waals surface area contributed by atoms with Crippen molar-refractivity contribution < 1.29 is 14.3 Å². The monoisotopic (exact) mass is 320 g/mol. The van der Waals surface area contributed by atoms with Crippen LogP contribution in [0.2, 0.25) is 0 Å². The lowest BCUT2D eigenvalue weighted by Crippen LogP contribution is -2.43. The second-order valence-electron chi connectivity index (χ2n) is 6.27. The van der Waals surface area contributed by atoms with E-state index in [9.17, 15) is 4.79 Å². The minimum absolute atomic E-state index is 0.0310. The molecule has 1 aromatic carbocycles. The highest BCUT2D eigenvalue weighted by Gasteiger charge is 2.21. The molecule has 1 heterocycles. The van der Waals surface area contributed by atoms with E-state index in [0.29, 0.717) is 6.54 Å². The smallest absolute Gasteiger partial charge is 0.236 e. The van der Waals surface area contributed by atoms with Crippen LogP contribution in [0.3, 0.4) is 0 Å². The Labute approximate surface area is 139 Å². The maximum Gasteiger partial charge on any atom is 0.236 e. The normalized spacial score (nSPS) is 17.0. The summed E-state index contributed by atoms with van der Waals surface area (Å²) in [6.45, 7) is 6.39. The first kappa shape index (κ1) is 17.6. The van der Waals surface area contributed by atoms with Gasteiger partial charge in [-0.3, -0.25) is 4.79 Å². The summed E-state index contributed by atoms with van der Waals surface area (Å²) in [4.78, 5) is 14.3. The van der Waals surface area contributed by atoms with Gasteiger partial charge >= 0.3 is 0 Å². The van der Waals surface area contributed by atoms with Gasteiger partial charge in [-0.1, -0.05) is 13.0 Å². The first-order valence-electron chi connectivity index (χ1n) is 8.28. The summed E-state index contributed by atoms with van der Waals surface area (Å²) in [5.74, 6) is 2.44. The van der Waals surface area contributed by atoms with Gasteiger partial charge in [0.2, 0.25) is 5.91 Å². The van der Waals surface area contributed by atoms with E-state index in [0.717, 1.165) is 48.9 Å². The molecule has 0 spiro atoms. The highest BCUT2D eigenvalue weighted by atomic mass is 16.5. The lowest BCUT2D eigenvalue weighted by Gasteiger charge is -2.30. The SMILES string of the molecule is COc1ccc([C@@H](C)NCC(=O)N2CCC(C)CC2)c(OC)c1. The predicted octanol–water partition coefficient (Wildman–Crippen LogP) is 2.61. The average molecular weight is 320 g/mol. The Kier molecular flexibility index (Phi) is 6.28. The zero-order valence-electron chi connectivity index (χ0n) is 14.6. The number of likely N-dealkylation sites (tertiary alicyclic amines) is 1. The lowest BCUT2D eigenvalue weighted by atomic mass is 9.99. The van der Waals surface area contributed by atoms with Crippen molar-refractivity contribution >= 4 is 5.91 Å². The molecule has 1 atom stereocenters. The van der Waals surface area contributed by atoms with E-state index >= 15 is 0 Å². The van der Waals surface area contributed by atoms with Gasteiger partial charge in [0.05, 0.1) is 20.8 Å². The number of hydrogen-bond donors (Lipinski definition) is 1. The van der Waals surface area contributed by atoms with Crippen molar-refractivity contribution in [1.29, 1.82) is 0 Å². The van der Waals surface area contributed by atoms with Gasteiger partial charge in [0, 0.05) is 30.8 Å². The van der Waals surface area contributed by atoms with Crippen LogP contribution in [-0.4, -0.2) is 44.7 Å². The Morgan fingerprint density at radius 1 is 1.30 bits per heavy atom. The van der Waals surface area contributed by atoms with Crippen LogP contribution < -0.4 is 14.8 Å². The number of methoxy groups -OCH3 is 2. The summed E-state index contributed by atoms with van der Waals surface area (Å²) < 4.78 is 10.6. The predicted molar refractivity (Wildman–Crippen MR) is 90.9 cm³/mol. The molecule has 1 aliphatic heterocycles. The molecule has 5 heteroatoms. The van der Waals surface area contributed by atoms with Crippen molar-refractivity contribution in [3.05, 3.63) is 23.8 Å². The van der Waals surface area contributed by atoms with Crippen LogP contribution in [0.4, 0.5) is 0 Å². The van der Waals surface area contributed by atoms with Gasteiger partial charge in [0.1, 0.15) is 11.5 Å². The maximum absolute atomic E-state index is 12.3. The van der Waals surface area contributed by atoms with E-state index in [1.807, 2.05) is 30.0 Å². The van der Waals surface area contributed by atoms with E-state index in [-0.39, 0.29) is 11.9 Å². The maximum atomic E-state index is 12.3. The number of hydrogen-bond acceptors (Lipinski definition) is 4. The summed E-state index contributed by atoms with van der Waals surface area (Å²) in [5.41, 5.74) is 1.02. The molecule has 128 valence electrons. The third-order valence-corrected chi connectivity index (χ3v) is 4.60. The molecule has 0 unspecified atom stereocenters. The minimum atomic E-state index is 0.0310. The molecule has 2 rings (SSSR count). The van der Waals surface area contributed by atoms with Crippen LogP contribution >= 0.6 is 0 Å². The summed E-state index contributed by atoms with van der Waals surface area (Å²) >= 11 is 0. The number of carbonyl (C=O) groups is 1. The first-order valence-corrected chi connectivity index (χ1v) is 8.28. The molecule has 0 aliphatic carbocycles. The summed E-state index contributed by atoms with van der Waals surface area (Å²) in [6, 6.07) is 5.77. The molecule has 0 saturated carbocycles. The first-order chi connectivity index (χ1) is 11.0. The molecule has 0 bridgehead atoms. The molecule has 1 N–H and O–H groups in total. The highest BCUT2D eigenvalue weighted by molar-refractivity contribution is 5.78. The van der Waals surface area contributed by atoms with Gasteiger partial charge in [0.25, 0.3) is 0 Å². The van der Waals surface area contributed by atoms with Crippen LogP contribution in [0.25, 0.3) is 0 Å². The van der Waals surface area contributed by atoms with E-state index in [1.165, 1.54) is 0 Å². The van der Waals surface area contributed by atoms with Crippen molar-refractivity contribution in [2.45, 2.75) is 32.7 Å². The molecular weight excluding hydrogens is 292 g/mol. The zero-order valence-corrected chi connectivity index (χ0v) is 14.6. The van der Waals surface area contributed by atoms with Gasteiger partial charge < -0.3 is 19.7 Å². The molecule has 1 amide bonds. The fourth-order valence-electron chi connectivity index (χ4n) is 2.90. The van der Waals surface area contributed by atoms with Crippen molar-refractivity contribution in [2.75, 3.05) is 33.9 Å². The van der Waals surface area contributed by atoms with E-state index < -0.39 is 0 Å². The second-order valence-corrected chi connectivity index (χ2v) is 6.27. The third-order valence-electron chi connectivity index (χ3n) is 4.60. The number of nitrogens with one attached hydrogen (secondary N) is 1. The molecule has 1 fully saturated rings. The number of nitrogens with zero attached hydrogens (tertiary/aromatic N) is 1. The van der Waals surface area contributed by atoms with Crippen LogP contribution in [0.15, 0.2) is 18.2 Å². The number of amides is 1. The van der Waals surface area contributed by atoms with E-state index in [2.05, 4.69) is 12.2 Å². The van der Waals surface area contributed by atoms with Crippen molar-refractivity contribution in [1.82, 2.24) is 10.2 Å². The Morgan fingerprint density at radius 2 is 2.00 bits per heavy atom. The van der Waals surface area contributed by atoms with Gasteiger partial charge in [-0.05, 0) is 31.7 Å². The van der Waals surface area contributed by atoms with Gasteiger partial charge in [-0.25, -0.2) is 0 Å². The number of ether oxygens (including phenoxy) is 2. The Hall–Kier alpha value is -1.75. The van der Waals surface area contributed by atoms with Crippen LogP contribution in [-0.2, 0) is 4.79 Å². The summed E-state index contributed by atoms with van der Waals surface area (Å²) in [7, 11) is 3.28. The fourth-order valence-corrected chi connectivity index (χ4v) is 2.90. The van der Waals surface area contributed by atoms with E-state index in [4.69, 9.17) is 9.47 Å². The molecule has 0 radical (unpaired) electrons. The van der Waals surface area contributed by atoms with Crippen LogP contribution in [0, 0.1) is 5.92 Å². The van der Waals surface area contributed by atoms with Gasteiger partial charge in [0.15, 0.2) is 0 Å². The number of carbonyl (C=O) groups excluding carboxylic acids is 1. The topological polar surface area (TPSA) is 50.8 Å². The average Bonchev–Trinajstić information content (AvgIpc) is 2.59. The summed E-state index contributed by atoms with van der Waals surface area (Å²) in [5, 5.41) is 3.31.